The summed E-state index contributed by atoms with van der Waals surface area (Å²) in [5, 5.41) is 26.5. The number of aliphatic hydroxyl groups excluding tert-OH is 1. The topological polar surface area (TPSA) is 140 Å². The number of aliphatic carboxylic acids is 1. The van der Waals surface area contributed by atoms with Gasteiger partial charge in [-0.2, -0.15) is 0 Å². The van der Waals surface area contributed by atoms with Gasteiger partial charge >= 0.3 is 5.97 Å². The van der Waals surface area contributed by atoms with Crippen LogP contribution < -0.4 is 16.4 Å². The number of aliphatic imine (C=N–C) groups is 1. The van der Waals surface area contributed by atoms with Crippen LogP contribution in [0.3, 0.4) is 0 Å². The number of carboxylic acids is 1. The molecule has 1 saturated carbocycles. The quantitative estimate of drug-likeness (QED) is 0.213. The van der Waals surface area contributed by atoms with Crippen LogP contribution in [0, 0.1) is 11.8 Å². The van der Waals surface area contributed by atoms with E-state index in [0.29, 0.717) is 18.5 Å². The van der Waals surface area contributed by atoms with E-state index in [4.69, 9.17) is 5.73 Å². The number of nitrogens with one attached hydrogen (secondary N) is 2. The molecular formula is C19H29N5O4S. The first-order chi connectivity index (χ1) is 13.8. The summed E-state index contributed by atoms with van der Waals surface area (Å²) in [7, 11) is 0. The summed E-state index contributed by atoms with van der Waals surface area (Å²) in [5.74, 6) is -1.51. The van der Waals surface area contributed by atoms with Crippen LogP contribution in [0.1, 0.15) is 33.1 Å². The third kappa shape index (κ3) is 3.85. The Bertz CT molecular complexity index is 766. The van der Waals surface area contributed by atoms with Crippen molar-refractivity contribution < 1.29 is 19.8 Å². The lowest BCUT2D eigenvalue weighted by Crippen LogP contribution is -2.63. The molecule has 2 saturated heterocycles. The van der Waals surface area contributed by atoms with Gasteiger partial charge in [-0.05, 0) is 26.2 Å². The molecular weight excluding hydrogens is 394 g/mol. The van der Waals surface area contributed by atoms with Crippen molar-refractivity contribution in [2.45, 2.75) is 62.6 Å². The Labute approximate surface area is 174 Å². The number of amides is 1. The van der Waals surface area contributed by atoms with E-state index in [2.05, 4.69) is 15.6 Å². The van der Waals surface area contributed by atoms with Crippen LogP contribution in [0.4, 0.5) is 0 Å². The predicted octanol–water partition coefficient (Wildman–Crippen LogP) is -0.329. The SMILES string of the molecule is C[C@@H](O)[C@H]1C(=O)N2C(C(=O)O)=C(S[C@@H]3CN[C@H](CN=C(N)NC4CC4)C3)[C@H](C)[C@H]12. The summed E-state index contributed by atoms with van der Waals surface area (Å²) in [6.45, 7) is 4.88. The van der Waals surface area contributed by atoms with Gasteiger partial charge in [-0.1, -0.05) is 6.92 Å². The lowest BCUT2D eigenvalue weighted by atomic mass is 9.79. The van der Waals surface area contributed by atoms with Crippen molar-refractivity contribution in [3.63, 3.8) is 0 Å². The third-order valence-corrected chi connectivity index (χ3v) is 7.71. The number of carboxylic acid groups (broad SMARTS) is 1. The Morgan fingerprint density at radius 2 is 2.21 bits per heavy atom. The summed E-state index contributed by atoms with van der Waals surface area (Å²) in [6, 6.07) is 0.406. The van der Waals surface area contributed by atoms with Gasteiger partial charge in [0.15, 0.2) is 5.96 Å². The highest BCUT2D eigenvalue weighted by Crippen LogP contribution is 2.51. The molecule has 29 heavy (non-hydrogen) atoms. The van der Waals surface area contributed by atoms with Crippen LogP contribution in [0.25, 0.3) is 0 Å². The largest absolute Gasteiger partial charge is 0.477 e. The summed E-state index contributed by atoms with van der Waals surface area (Å²) in [6.07, 6.45) is 2.36. The van der Waals surface area contributed by atoms with Gasteiger partial charge in [0.1, 0.15) is 5.70 Å². The van der Waals surface area contributed by atoms with Crippen LogP contribution >= 0.6 is 11.8 Å². The summed E-state index contributed by atoms with van der Waals surface area (Å²) < 4.78 is 0. The van der Waals surface area contributed by atoms with Gasteiger partial charge in [-0.25, -0.2) is 4.79 Å². The molecule has 3 fully saturated rings. The van der Waals surface area contributed by atoms with E-state index in [1.54, 1.807) is 18.7 Å². The number of carbonyl (C=O) groups is 2. The lowest BCUT2D eigenvalue weighted by molar-refractivity contribution is -0.163. The van der Waals surface area contributed by atoms with Crippen LogP contribution in [0.2, 0.25) is 0 Å². The maximum Gasteiger partial charge on any atom is 0.353 e. The second-order valence-corrected chi connectivity index (χ2v) is 9.84. The molecule has 0 unspecified atom stereocenters. The van der Waals surface area contributed by atoms with Crippen molar-refractivity contribution in [2.75, 3.05) is 13.1 Å². The maximum absolute atomic E-state index is 12.4. The van der Waals surface area contributed by atoms with E-state index in [-0.39, 0.29) is 34.9 Å². The number of carbonyl (C=O) groups excluding carboxylic acids is 1. The van der Waals surface area contributed by atoms with Crippen LogP contribution in [0.5, 0.6) is 0 Å². The fraction of sp³-hybridized carbons (Fsp3) is 0.737. The zero-order valence-electron chi connectivity index (χ0n) is 16.7. The summed E-state index contributed by atoms with van der Waals surface area (Å²) >= 11 is 1.55. The van der Waals surface area contributed by atoms with E-state index < -0.39 is 18.0 Å². The number of aliphatic hydroxyl groups is 1. The molecule has 1 aliphatic carbocycles. The van der Waals surface area contributed by atoms with Gasteiger partial charge in [0.05, 0.1) is 24.6 Å². The molecule has 0 radical (unpaired) electrons. The second kappa shape index (κ2) is 7.81. The first-order valence-electron chi connectivity index (χ1n) is 10.2. The Kier molecular flexibility index (Phi) is 5.52. The summed E-state index contributed by atoms with van der Waals surface area (Å²) in [5.41, 5.74) is 5.98. The van der Waals surface area contributed by atoms with E-state index in [9.17, 15) is 19.8 Å². The monoisotopic (exact) mass is 423 g/mol. The summed E-state index contributed by atoms with van der Waals surface area (Å²) in [4.78, 5) is 30.8. The van der Waals surface area contributed by atoms with Gasteiger partial charge < -0.3 is 31.5 Å². The molecule has 0 aromatic heterocycles. The van der Waals surface area contributed by atoms with Crippen molar-refractivity contribution in [3.8, 4) is 0 Å². The average Bonchev–Trinajstić information content (AvgIpc) is 3.28. The van der Waals surface area contributed by atoms with Crippen molar-refractivity contribution in [2.24, 2.45) is 22.6 Å². The molecule has 3 aliphatic heterocycles. The number of rotatable bonds is 7. The standard InChI is InChI=1S/C19H29N5O4S/c1-8-14-13(9(2)25)17(26)24(14)15(18(27)28)16(8)29-12-5-11(21-7-12)6-22-19(20)23-10-3-4-10/h8-14,21,25H,3-7H2,1-2H3,(H,27,28)(H3,20,22,23)/t8-,9-,11+,12+,13-,14-/m1/s1. The van der Waals surface area contributed by atoms with Crippen LogP contribution in [-0.2, 0) is 9.59 Å². The van der Waals surface area contributed by atoms with Gasteiger partial charge in [0.2, 0.25) is 5.91 Å². The van der Waals surface area contributed by atoms with E-state index >= 15 is 0 Å². The smallest absolute Gasteiger partial charge is 0.353 e. The minimum Gasteiger partial charge on any atom is -0.477 e. The fourth-order valence-corrected chi connectivity index (χ4v) is 6.08. The number of hydrogen-bond acceptors (Lipinski definition) is 6. The van der Waals surface area contributed by atoms with E-state index in [1.165, 1.54) is 4.90 Å². The molecule has 6 atom stereocenters. The average molecular weight is 424 g/mol. The molecule has 10 heteroatoms. The number of β-lactam (4-membered cyclic amide) rings is 1. The van der Waals surface area contributed by atoms with Gasteiger partial charge in [0, 0.05) is 34.7 Å². The number of nitrogens with two attached hydrogens (primary N) is 1. The molecule has 3 heterocycles. The molecule has 4 aliphatic rings. The highest BCUT2D eigenvalue weighted by molar-refractivity contribution is 8.03. The van der Waals surface area contributed by atoms with E-state index in [1.807, 2.05) is 6.92 Å². The molecule has 1 amide bonds. The zero-order chi connectivity index (χ0) is 20.9. The van der Waals surface area contributed by atoms with Gasteiger partial charge in [-0.3, -0.25) is 9.79 Å². The van der Waals surface area contributed by atoms with Crippen molar-refractivity contribution in [3.05, 3.63) is 10.6 Å². The zero-order valence-corrected chi connectivity index (χ0v) is 17.5. The molecule has 0 spiro atoms. The highest BCUT2D eigenvalue weighted by atomic mass is 32.2. The van der Waals surface area contributed by atoms with Crippen molar-refractivity contribution in [1.29, 1.82) is 0 Å². The van der Waals surface area contributed by atoms with Gasteiger partial charge in [0.25, 0.3) is 0 Å². The first-order valence-corrected chi connectivity index (χ1v) is 11.1. The molecule has 0 bridgehead atoms. The van der Waals surface area contributed by atoms with Crippen LogP contribution in [0.15, 0.2) is 15.6 Å². The van der Waals surface area contributed by atoms with Gasteiger partial charge in [-0.15, -0.1) is 11.8 Å². The minimum atomic E-state index is -1.08. The normalized spacial score (nSPS) is 35.6. The predicted molar refractivity (Wildman–Crippen MR) is 110 cm³/mol. The molecule has 6 N–H and O–H groups in total. The lowest BCUT2D eigenvalue weighted by Gasteiger charge is -2.46. The number of guanidine groups is 1. The number of thioether (sulfide) groups is 1. The first kappa shape index (κ1) is 20.5. The molecule has 0 aromatic carbocycles. The maximum atomic E-state index is 12.4. The number of nitrogens with zero attached hydrogens (tertiary/aromatic N) is 2. The third-order valence-electron chi connectivity index (χ3n) is 6.20. The molecule has 4 rings (SSSR count). The number of hydrogen-bond donors (Lipinski definition) is 5. The second-order valence-electron chi connectivity index (χ2n) is 8.50. The molecule has 9 nitrogen and oxygen atoms in total. The number of fused-ring (bicyclic) bond motifs is 1. The molecule has 0 aromatic rings. The Morgan fingerprint density at radius 1 is 1.48 bits per heavy atom. The van der Waals surface area contributed by atoms with Crippen molar-refractivity contribution in [1.82, 2.24) is 15.5 Å². The Balaban J connectivity index is 1.39. The van der Waals surface area contributed by atoms with E-state index in [0.717, 1.165) is 30.7 Å². The highest BCUT2D eigenvalue weighted by Gasteiger charge is 2.60. The molecule has 160 valence electrons. The van der Waals surface area contributed by atoms with Crippen molar-refractivity contribution >= 4 is 29.6 Å². The van der Waals surface area contributed by atoms with Crippen LogP contribution in [-0.4, -0.2) is 75.5 Å². The Morgan fingerprint density at radius 3 is 2.83 bits per heavy atom. The fourth-order valence-electron chi connectivity index (χ4n) is 4.56. The Hall–Kier alpha value is -1.78. The minimum absolute atomic E-state index is 0.0914.